The summed E-state index contributed by atoms with van der Waals surface area (Å²) < 4.78 is 9.50. The molecule has 0 aliphatic heterocycles. The maximum atomic E-state index is 9.50. The molecule has 3 heteroatoms. The van der Waals surface area contributed by atoms with Gasteiger partial charge in [-0.1, -0.05) is 145 Å². The second kappa shape index (κ2) is 56.4. The van der Waals surface area contributed by atoms with Crippen LogP contribution in [0.4, 0.5) is 4.39 Å². The fourth-order valence-electron chi connectivity index (χ4n) is 1.78. The number of alkyl halides is 1. The molecule has 0 amide bonds. The minimum Gasteiger partial charge on any atom is -0.255 e. The lowest BCUT2D eigenvalue weighted by Gasteiger charge is -2.03. The van der Waals surface area contributed by atoms with E-state index in [0.29, 0.717) is 7.18 Å². The first-order valence-electron chi connectivity index (χ1n) is 11.3. The first kappa shape index (κ1) is 46.6. The zero-order valence-electron chi connectivity index (χ0n) is 21.6. The summed E-state index contributed by atoms with van der Waals surface area (Å²) in [6.45, 7) is 22.2. The van der Waals surface area contributed by atoms with Gasteiger partial charge in [0.2, 0.25) is 0 Å². The van der Waals surface area contributed by atoms with Crippen LogP contribution in [0, 0.1) is 0 Å². The van der Waals surface area contributed by atoms with E-state index < -0.39 is 0 Å². The van der Waals surface area contributed by atoms with Crippen molar-refractivity contribution in [1.82, 2.24) is 0 Å². The Bertz CT molecular complexity index is 415. The van der Waals surface area contributed by atoms with Gasteiger partial charge in [0.05, 0.1) is 7.18 Å². The van der Waals surface area contributed by atoms with E-state index in [0.717, 1.165) is 0 Å². The molecule has 0 heterocycles. The molecule has 0 aromatic heterocycles. The van der Waals surface area contributed by atoms with Crippen molar-refractivity contribution in [3.8, 4) is 11.1 Å². The zero-order valence-corrected chi connectivity index (χ0v) is 21.6. The fourth-order valence-corrected chi connectivity index (χ4v) is 1.78. The normalized spacial score (nSPS) is 6.43. The highest BCUT2D eigenvalue weighted by atomic mass is 19.1. The van der Waals surface area contributed by atoms with Gasteiger partial charge in [0.15, 0.2) is 0 Å². The molecule has 0 spiro atoms. The van der Waals surface area contributed by atoms with Crippen molar-refractivity contribution in [1.29, 1.82) is 0 Å². The summed E-state index contributed by atoms with van der Waals surface area (Å²) in [5, 5.41) is 0. The van der Waals surface area contributed by atoms with Gasteiger partial charge in [-0.15, -0.1) is 0 Å². The number of aryl methyl sites for hydroxylation is 1. The van der Waals surface area contributed by atoms with Crippen LogP contribution in [0.2, 0.25) is 0 Å². The van der Waals surface area contributed by atoms with Crippen LogP contribution in [0.15, 0.2) is 54.6 Å². The van der Waals surface area contributed by atoms with Gasteiger partial charge in [-0.05, 0) is 23.1 Å². The first-order valence-corrected chi connectivity index (χ1v) is 11.3. The smallest absolute Gasteiger partial charge is 0.0785 e. The van der Waals surface area contributed by atoms with Crippen LogP contribution in [-0.4, -0.2) is 22.7 Å². The Kier molecular flexibility index (Phi) is 87.7. The predicted octanol–water partition coefficient (Wildman–Crippen LogP) is 9.90. The Balaban J connectivity index is -0.0000000606. The van der Waals surface area contributed by atoms with E-state index in [1.165, 1.54) is 29.5 Å². The van der Waals surface area contributed by atoms with Crippen LogP contribution in [0.3, 0.4) is 0 Å². The van der Waals surface area contributed by atoms with Crippen LogP contribution >= 0.6 is 0 Å². The summed E-state index contributed by atoms with van der Waals surface area (Å²) >= 11 is 0. The van der Waals surface area contributed by atoms with E-state index in [2.05, 4.69) is 77.0 Å². The summed E-state index contributed by atoms with van der Waals surface area (Å²) in [5.41, 5.74) is 4.02. The number of rotatable bonds is 3. The fraction of sp³-hybridized carbons (Fsp3) is 0.556. The highest BCUT2D eigenvalue weighted by Gasteiger charge is 1.96. The molecule has 0 unspecified atom stereocenters. The Morgan fingerprint density at radius 2 is 0.867 bits per heavy atom. The Morgan fingerprint density at radius 3 is 1.17 bits per heavy atom. The van der Waals surface area contributed by atoms with Crippen molar-refractivity contribution >= 4 is 15.5 Å². The predicted molar refractivity (Wildman–Crippen MR) is 148 cm³/mol. The van der Waals surface area contributed by atoms with Crippen LogP contribution in [0.5, 0.6) is 0 Å². The molecule has 0 fully saturated rings. The molecule has 0 aliphatic carbocycles. The average molecular weight is 418 g/mol. The van der Waals surface area contributed by atoms with Crippen LogP contribution in [0.25, 0.3) is 11.1 Å². The number of hydrogen-bond donors (Lipinski definition) is 0. The van der Waals surface area contributed by atoms with Gasteiger partial charge in [-0.25, -0.2) is 0 Å². The van der Waals surface area contributed by atoms with E-state index in [1.807, 2.05) is 69.2 Å². The Labute approximate surface area is 194 Å². The van der Waals surface area contributed by atoms with Crippen molar-refractivity contribution < 1.29 is 4.39 Å². The van der Waals surface area contributed by atoms with Gasteiger partial charge in [-0.2, -0.15) is 0 Å². The SMILES string of the molecule is C.CC.CC.CC.CC.CC.CCCc1ccc(-c2ccccc2)cc1.CF.[B][B]. The molecule has 174 valence electrons. The molecule has 30 heavy (non-hydrogen) atoms. The van der Waals surface area contributed by atoms with Crippen molar-refractivity contribution in [2.45, 2.75) is 96.4 Å². The second-order valence-electron chi connectivity index (χ2n) is 3.81. The molecule has 2 rings (SSSR count). The van der Waals surface area contributed by atoms with Gasteiger partial charge >= 0.3 is 0 Å². The average Bonchev–Trinajstić information content (AvgIpc) is 2.89. The molecule has 2 aromatic rings. The first-order chi connectivity index (χ1) is 14.4. The van der Waals surface area contributed by atoms with Crippen molar-refractivity contribution in [3.05, 3.63) is 60.2 Å². The lowest BCUT2D eigenvalue weighted by atomic mass is 9.81. The number of halogens is 1. The van der Waals surface area contributed by atoms with Crippen LogP contribution < -0.4 is 0 Å². The van der Waals surface area contributed by atoms with E-state index in [1.54, 1.807) is 0 Å². The van der Waals surface area contributed by atoms with Crippen molar-refractivity contribution in [3.63, 3.8) is 0 Å². The van der Waals surface area contributed by atoms with E-state index >= 15 is 0 Å². The zero-order chi connectivity index (χ0) is 24.5. The summed E-state index contributed by atoms with van der Waals surface area (Å²) in [6.07, 6.45) is 2.39. The van der Waals surface area contributed by atoms with E-state index in [9.17, 15) is 4.39 Å². The quantitative estimate of drug-likeness (QED) is 0.435. The monoisotopic (exact) mass is 418 g/mol. The molecule has 0 bridgehead atoms. The van der Waals surface area contributed by atoms with Gasteiger partial charge in [-0.3, -0.25) is 4.39 Å². The lowest BCUT2D eigenvalue weighted by molar-refractivity contribution is 0.636. The third kappa shape index (κ3) is 31.2. The standard InChI is InChI=1S/C15H16.5C2H6.CH3F.CH4.B2/c1-2-6-13-9-11-15(12-10-13)14-7-4-3-5-8-14;6*1-2;;1-2/h3-5,7-12H,2,6H2,1H3;5*1-2H3;1H3;1H4;. The van der Waals surface area contributed by atoms with E-state index in [-0.39, 0.29) is 7.43 Å². The molecule has 0 atom stereocenters. The third-order valence-electron chi connectivity index (χ3n) is 2.60. The highest BCUT2D eigenvalue weighted by Crippen LogP contribution is 2.19. The largest absolute Gasteiger partial charge is 0.255 e. The maximum Gasteiger partial charge on any atom is 0.0785 e. The Hall–Kier alpha value is -1.50. The summed E-state index contributed by atoms with van der Waals surface area (Å²) in [4.78, 5) is 0. The molecule has 0 N–H and O–H groups in total. The highest BCUT2D eigenvalue weighted by molar-refractivity contribution is 6.75. The molecule has 0 aliphatic rings. The number of hydrogen-bond acceptors (Lipinski definition) is 0. The molecular formula is C27H53B2F. The molecule has 4 radical (unpaired) electrons. The maximum absolute atomic E-state index is 9.50. The summed E-state index contributed by atoms with van der Waals surface area (Å²) in [5.74, 6) is 0. The molecule has 0 saturated carbocycles. The van der Waals surface area contributed by atoms with Crippen molar-refractivity contribution in [2.75, 3.05) is 7.18 Å². The van der Waals surface area contributed by atoms with Crippen LogP contribution in [-0.2, 0) is 6.42 Å². The second-order valence-corrected chi connectivity index (χ2v) is 3.81. The summed E-state index contributed by atoms with van der Waals surface area (Å²) in [7, 11) is 8.50. The molecule has 0 nitrogen and oxygen atoms in total. The molecule has 2 aromatic carbocycles. The van der Waals surface area contributed by atoms with E-state index in [4.69, 9.17) is 0 Å². The lowest BCUT2D eigenvalue weighted by Crippen LogP contribution is -1.83. The number of benzene rings is 2. The van der Waals surface area contributed by atoms with Gasteiger partial charge in [0, 0.05) is 15.5 Å². The van der Waals surface area contributed by atoms with Gasteiger partial charge in [0.1, 0.15) is 0 Å². The van der Waals surface area contributed by atoms with Crippen molar-refractivity contribution in [2.24, 2.45) is 0 Å². The van der Waals surface area contributed by atoms with Gasteiger partial charge < -0.3 is 0 Å². The minimum atomic E-state index is 0. The molecule has 0 saturated heterocycles. The Morgan fingerprint density at radius 1 is 0.567 bits per heavy atom. The minimum absolute atomic E-state index is 0. The van der Waals surface area contributed by atoms with Gasteiger partial charge in [0.25, 0.3) is 0 Å². The summed E-state index contributed by atoms with van der Waals surface area (Å²) in [6, 6.07) is 19.4. The van der Waals surface area contributed by atoms with Crippen LogP contribution in [0.1, 0.15) is 95.6 Å². The molecular weight excluding hydrogens is 365 g/mol. The third-order valence-corrected chi connectivity index (χ3v) is 2.60. The topological polar surface area (TPSA) is 0 Å².